The summed E-state index contributed by atoms with van der Waals surface area (Å²) in [5.41, 5.74) is 8.67. The Bertz CT molecular complexity index is 1260. The smallest absolute Gasteiger partial charge is 0.0458 e. The van der Waals surface area contributed by atoms with Crippen LogP contribution in [0.5, 0.6) is 0 Å². The summed E-state index contributed by atoms with van der Waals surface area (Å²) >= 11 is 0. The summed E-state index contributed by atoms with van der Waals surface area (Å²) < 4.78 is 0. The van der Waals surface area contributed by atoms with E-state index in [9.17, 15) is 0 Å². The molecule has 5 rings (SSSR count). The highest BCUT2D eigenvalue weighted by Crippen LogP contribution is 2.31. The summed E-state index contributed by atoms with van der Waals surface area (Å²) in [5, 5.41) is 3.66. The monoisotopic (exact) mass is 456 g/mol. The van der Waals surface area contributed by atoms with Gasteiger partial charge in [-0.15, -0.1) is 0 Å². The molecule has 0 unspecified atom stereocenters. The molecule has 0 atom stereocenters. The lowest BCUT2D eigenvalue weighted by Crippen LogP contribution is -2.20. The molecule has 174 valence electrons. The second kappa shape index (κ2) is 11.4. The fraction of sp³-hybridized carbons (Fsp3) is 0.152. The van der Waals surface area contributed by atoms with Gasteiger partial charge in [-0.05, 0) is 85.7 Å². The van der Waals surface area contributed by atoms with Crippen molar-refractivity contribution in [3.8, 4) is 0 Å². The molecule has 0 radical (unpaired) electrons. The molecule has 3 aliphatic carbocycles. The first-order valence-corrected chi connectivity index (χ1v) is 12.6. The van der Waals surface area contributed by atoms with Gasteiger partial charge in [0, 0.05) is 28.5 Å². The van der Waals surface area contributed by atoms with Crippen LogP contribution in [0.25, 0.3) is 5.57 Å². The van der Waals surface area contributed by atoms with Gasteiger partial charge in [0.15, 0.2) is 0 Å². The first-order valence-electron chi connectivity index (χ1n) is 12.6. The molecule has 0 saturated heterocycles. The summed E-state index contributed by atoms with van der Waals surface area (Å²) in [6.07, 6.45) is 31.5. The molecular weight excluding hydrogens is 424 g/mol. The van der Waals surface area contributed by atoms with Crippen molar-refractivity contribution in [2.24, 2.45) is 0 Å². The highest BCUT2D eigenvalue weighted by atomic mass is 15.2. The number of nitrogens with zero attached hydrogens (tertiary/aromatic N) is 1. The van der Waals surface area contributed by atoms with Crippen molar-refractivity contribution >= 4 is 16.9 Å². The standard InChI is InChI=1S/C33H32N2/c1-2-7-14-27(13-6-1)28-21-23-30(24-22-28)34-29-15-12-20-33(26-25-29)35(32-18-10-5-11-19-32)31-16-8-3-4-9-17-31/h1-6,8,10-11,13-14,16-19,21-26,34H,7,9,12,15,20H2. The van der Waals surface area contributed by atoms with Crippen LogP contribution in [0.2, 0.25) is 0 Å². The zero-order valence-electron chi connectivity index (χ0n) is 20.1. The molecular formula is C33H32N2. The maximum absolute atomic E-state index is 3.66. The van der Waals surface area contributed by atoms with E-state index in [4.69, 9.17) is 0 Å². The number of benzene rings is 2. The average molecular weight is 457 g/mol. The molecule has 2 heteroatoms. The van der Waals surface area contributed by atoms with Gasteiger partial charge in [-0.2, -0.15) is 0 Å². The van der Waals surface area contributed by atoms with Crippen LogP contribution in [-0.2, 0) is 0 Å². The number of hydrogen-bond donors (Lipinski definition) is 1. The first-order chi connectivity index (χ1) is 17.4. The number of nitrogens with one attached hydrogen (secondary N) is 1. The van der Waals surface area contributed by atoms with Gasteiger partial charge in [-0.25, -0.2) is 0 Å². The molecule has 3 aliphatic rings. The molecule has 0 fully saturated rings. The van der Waals surface area contributed by atoms with Crippen LogP contribution in [0.4, 0.5) is 11.4 Å². The summed E-state index contributed by atoms with van der Waals surface area (Å²) in [6.45, 7) is 0. The van der Waals surface area contributed by atoms with Crippen LogP contribution < -0.4 is 10.2 Å². The molecule has 0 spiro atoms. The normalized spacial score (nSPS) is 17.4. The van der Waals surface area contributed by atoms with E-state index >= 15 is 0 Å². The van der Waals surface area contributed by atoms with E-state index in [1.807, 2.05) is 0 Å². The minimum Gasteiger partial charge on any atom is -0.359 e. The second-order valence-electron chi connectivity index (χ2n) is 8.91. The molecule has 2 nitrogen and oxygen atoms in total. The Morgan fingerprint density at radius 2 is 1.46 bits per heavy atom. The Kier molecular flexibility index (Phi) is 7.40. The summed E-state index contributed by atoms with van der Waals surface area (Å²) in [6, 6.07) is 19.5. The van der Waals surface area contributed by atoms with Crippen molar-refractivity contribution in [2.75, 3.05) is 10.2 Å². The highest BCUT2D eigenvalue weighted by molar-refractivity contribution is 5.76. The minimum absolute atomic E-state index is 0.945. The highest BCUT2D eigenvalue weighted by Gasteiger charge is 2.17. The van der Waals surface area contributed by atoms with Crippen LogP contribution in [0.1, 0.15) is 37.7 Å². The third-order valence-electron chi connectivity index (χ3n) is 6.41. The fourth-order valence-corrected chi connectivity index (χ4v) is 4.63. The number of allylic oxidation sites excluding steroid dienone is 15. The lowest BCUT2D eigenvalue weighted by atomic mass is 10.0. The van der Waals surface area contributed by atoms with E-state index in [-0.39, 0.29) is 0 Å². The molecule has 0 aromatic heterocycles. The Morgan fingerprint density at radius 3 is 2.29 bits per heavy atom. The molecule has 0 heterocycles. The van der Waals surface area contributed by atoms with Gasteiger partial charge in [0.25, 0.3) is 0 Å². The van der Waals surface area contributed by atoms with Crippen LogP contribution in [-0.4, -0.2) is 0 Å². The largest absolute Gasteiger partial charge is 0.359 e. The third-order valence-corrected chi connectivity index (χ3v) is 6.41. The molecule has 0 bridgehead atoms. The van der Waals surface area contributed by atoms with E-state index in [0.29, 0.717) is 0 Å². The van der Waals surface area contributed by atoms with Crippen LogP contribution >= 0.6 is 0 Å². The summed E-state index contributed by atoms with van der Waals surface area (Å²) in [4.78, 5) is 2.40. The maximum Gasteiger partial charge on any atom is 0.0458 e. The first kappa shape index (κ1) is 22.7. The van der Waals surface area contributed by atoms with Gasteiger partial charge in [0.2, 0.25) is 0 Å². The molecule has 1 N–H and O–H groups in total. The van der Waals surface area contributed by atoms with Crippen LogP contribution in [0.3, 0.4) is 0 Å². The number of hydrogen-bond acceptors (Lipinski definition) is 2. The fourth-order valence-electron chi connectivity index (χ4n) is 4.63. The van der Waals surface area contributed by atoms with E-state index in [0.717, 1.165) is 37.8 Å². The minimum atomic E-state index is 0.945. The summed E-state index contributed by atoms with van der Waals surface area (Å²) in [5.74, 6) is 0. The number of rotatable bonds is 6. The molecule has 35 heavy (non-hydrogen) atoms. The van der Waals surface area contributed by atoms with Gasteiger partial charge in [0.05, 0.1) is 0 Å². The molecule has 0 saturated carbocycles. The quantitative estimate of drug-likeness (QED) is 0.467. The molecule has 2 aromatic rings. The van der Waals surface area contributed by atoms with Gasteiger partial charge in [-0.3, -0.25) is 0 Å². The van der Waals surface area contributed by atoms with Crippen molar-refractivity contribution < 1.29 is 0 Å². The van der Waals surface area contributed by atoms with E-state index < -0.39 is 0 Å². The zero-order valence-corrected chi connectivity index (χ0v) is 20.1. The Labute approximate surface area is 209 Å². The lowest BCUT2D eigenvalue weighted by molar-refractivity contribution is 0.796. The van der Waals surface area contributed by atoms with E-state index in [2.05, 4.69) is 138 Å². The number of anilines is 2. The van der Waals surface area contributed by atoms with E-state index in [1.165, 1.54) is 33.9 Å². The average Bonchev–Trinajstić information content (AvgIpc) is 3.42. The third kappa shape index (κ3) is 5.91. The van der Waals surface area contributed by atoms with Crippen LogP contribution in [0.15, 0.2) is 145 Å². The van der Waals surface area contributed by atoms with Crippen molar-refractivity contribution in [1.82, 2.24) is 0 Å². The summed E-state index contributed by atoms with van der Waals surface area (Å²) in [7, 11) is 0. The Morgan fingerprint density at radius 1 is 0.686 bits per heavy atom. The maximum atomic E-state index is 3.66. The van der Waals surface area contributed by atoms with Crippen molar-refractivity contribution in [2.45, 2.75) is 32.1 Å². The predicted molar refractivity (Wildman–Crippen MR) is 151 cm³/mol. The molecule has 2 aromatic carbocycles. The van der Waals surface area contributed by atoms with Gasteiger partial charge in [0.1, 0.15) is 0 Å². The molecule has 0 aliphatic heterocycles. The van der Waals surface area contributed by atoms with Crippen molar-refractivity contribution in [3.63, 3.8) is 0 Å². The van der Waals surface area contributed by atoms with Gasteiger partial charge in [-0.1, -0.05) is 85.0 Å². The lowest BCUT2D eigenvalue weighted by Gasteiger charge is -2.28. The Hall–Kier alpha value is -4.04. The van der Waals surface area contributed by atoms with Gasteiger partial charge < -0.3 is 10.2 Å². The zero-order chi connectivity index (χ0) is 23.7. The van der Waals surface area contributed by atoms with Crippen LogP contribution in [0, 0.1) is 0 Å². The SMILES string of the molecule is C1=CCC=C(c2ccc(NC3=CC=C(N(C4=CCC=CC=C4)c4ccccc4)CCC3)cc2)C=C1. The Balaban J connectivity index is 1.36. The van der Waals surface area contributed by atoms with Crippen molar-refractivity contribution in [3.05, 3.63) is 150 Å². The predicted octanol–water partition coefficient (Wildman–Crippen LogP) is 8.86. The topological polar surface area (TPSA) is 15.3 Å². The van der Waals surface area contributed by atoms with Gasteiger partial charge >= 0.3 is 0 Å². The van der Waals surface area contributed by atoms with Crippen molar-refractivity contribution in [1.29, 1.82) is 0 Å². The number of para-hydroxylation sites is 1. The second-order valence-corrected chi connectivity index (χ2v) is 8.91. The van der Waals surface area contributed by atoms with E-state index in [1.54, 1.807) is 0 Å². The molecule has 0 amide bonds.